The van der Waals surface area contributed by atoms with Gasteiger partial charge >= 0.3 is 0 Å². The topological polar surface area (TPSA) is 78.5 Å². The summed E-state index contributed by atoms with van der Waals surface area (Å²) in [5, 5.41) is 6.18. The van der Waals surface area contributed by atoms with Crippen LogP contribution in [0.5, 0.6) is 0 Å². The van der Waals surface area contributed by atoms with Crippen LogP contribution in [0.1, 0.15) is 33.1 Å². The lowest BCUT2D eigenvalue weighted by atomic mass is 10.1. The highest BCUT2D eigenvalue weighted by Gasteiger charge is 2.25. The van der Waals surface area contributed by atoms with E-state index in [2.05, 4.69) is 10.6 Å². The third-order valence-corrected chi connectivity index (χ3v) is 6.66. The van der Waals surface area contributed by atoms with Crippen molar-refractivity contribution in [1.82, 2.24) is 9.62 Å². The Kier molecular flexibility index (Phi) is 8.63. The molecule has 9 heteroatoms. The summed E-state index contributed by atoms with van der Waals surface area (Å²) in [5.74, 6) is -0.136. The van der Waals surface area contributed by atoms with Gasteiger partial charge in [0.15, 0.2) is 0 Å². The van der Waals surface area contributed by atoms with Gasteiger partial charge in [0.2, 0.25) is 15.9 Å². The lowest BCUT2D eigenvalue weighted by molar-refractivity contribution is -0.116. The molecular weight excluding hydrogens is 385 g/mol. The van der Waals surface area contributed by atoms with Crippen molar-refractivity contribution in [2.45, 2.75) is 44.0 Å². The summed E-state index contributed by atoms with van der Waals surface area (Å²) in [6, 6.07) is 4.73. The van der Waals surface area contributed by atoms with Crippen molar-refractivity contribution < 1.29 is 13.2 Å². The van der Waals surface area contributed by atoms with E-state index in [4.69, 9.17) is 11.6 Å². The zero-order valence-electron chi connectivity index (χ0n) is 14.4. The van der Waals surface area contributed by atoms with Crippen molar-refractivity contribution in [2.75, 3.05) is 25.0 Å². The number of hydrogen-bond donors (Lipinski definition) is 2. The first kappa shape index (κ1) is 22.2. The van der Waals surface area contributed by atoms with Gasteiger partial charge in [-0.2, -0.15) is 4.31 Å². The second-order valence-electron chi connectivity index (χ2n) is 5.78. The maximum Gasteiger partial charge on any atom is 0.244 e. The molecule has 1 heterocycles. The van der Waals surface area contributed by atoms with Crippen LogP contribution < -0.4 is 10.6 Å². The maximum atomic E-state index is 12.7. The number of hydrogen-bond acceptors (Lipinski definition) is 4. The van der Waals surface area contributed by atoms with Crippen LogP contribution in [0.3, 0.4) is 0 Å². The quantitative estimate of drug-likeness (QED) is 0.725. The molecule has 6 nitrogen and oxygen atoms in total. The molecule has 1 aliphatic rings. The molecule has 2 rings (SSSR count). The Balaban J connectivity index is 0.00000312. The van der Waals surface area contributed by atoms with Gasteiger partial charge in [0.25, 0.3) is 0 Å². The molecule has 1 unspecified atom stereocenters. The molecule has 0 radical (unpaired) electrons. The lowest BCUT2D eigenvalue weighted by Gasteiger charge is -2.20. The molecule has 25 heavy (non-hydrogen) atoms. The first-order valence-corrected chi connectivity index (χ1v) is 10.0. The highest BCUT2D eigenvalue weighted by Crippen LogP contribution is 2.28. The summed E-state index contributed by atoms with van der Waals surface area (Å²) in [4.78, 5) is 12.1. The van der Waals surface area contributed by atoms with Gasteiger partial charge in [0.05, 0.1) is 5.02 Å². The predicted octanol–water partition coefficient (Wildman–Crippen LogP) is 2.87. The minimum atomic E-state index is -3.67. The largest absolute Gasteiger partial charge is 0.326 e. The summed E-state index contributed by atoms with van der Waals surface area (Å²) >= 11 is 6.08. The van der Waals surface area contributed by atoms with Crippen LogP contribution in [0.2, 0.25) is 5.02 Å². The molecule has 1 fully saturated rings. The van der Waals surface area contributed by atoms with Crippen LogP contribution in [0.15, 0.2) is 23.1 Å². The van der Waals surface area contributed by atoms with Crippen LogP contribution in [-0.4, -0.2) is 44.3 Å². The van der Waals surface area contributed by atoms with Gasteiger partial charge in [-0.1, -0.05) is 25.4 Å². The summed E-state index contributed by atoms with van der Waals surface area (Å²) in [6.07, 6.45) is 2.43. The molecule has 0 bridgehead atoms. The van der Waals surface area contributed by atoms with E-state index in [-0.39, 0.29) is 34.3 Å². The Morgan fingerprint density at radius 3 is 2.60 bits per heavy atom. The number of anilines is 1. The van der Waals surface area contributed by atoms with E-state index < -0.39 is 10.0 Å². The zero-order chi connectivity index (χ0) is 17.7. The number of halogens is 2. The molecule has 1 aliphatic heterocycles. The van der Waals surface area contributed by atoms with E-state index >= 15 is 0 Å². The third-order valence-electron chi connectivity index (χ3n) is 4.13. The summed E-state index contributed by atoms with van der Waals surface area (Å²) in [5.41, 5.74) is 0.438. The van der Waals surface area contributed by atoms with Gasteiger partial charge in [0.1, 0.15) is 4.90 Å². The fourth-order valence-corrected chi connectivity index (χ4v) is 4.81. The number of carbonyl (C=O) groups is 1. The Morgan fingerprint density at radius 2 is 2.04 bits per heavy atom. The average Bonchev–Trinajstić information content (AvgIpc) is 3.02. The number of nitrogens with zero attached hydrogens (tertiary/aromatic N) is 1. The van der Waals surface area contributed by atoms with Gasteiger partial charge in [-0.05, 0) is 37.6 Å². The first-order chi connectivity index (χ1) is 11.4. The monoisotopic (exact) mass is 409 g/mol. The van der Waals surface area contributed by atoms with Crippen LogP contribution in [0.4, 0.5) is 5.69 Å². The molecule has 0 saturated carbocycles. The minimum Gasteiger partial charge on any atom is -0.326 e. The molecule has 1 saturated heterocycles. The van der Waals surface area contributed by atoms with Crippen molar-refractivity contribution in [3.05, 3.63) is 23.2 Å². The van der Waals surface area contributed by atoms with Crippen LogP contribution in [0.25, 0.3) is 0 Å². The number of benzene rings is 1. The molecule has 0 aromatic heterocycles. The molecule has 1 aromatic rings. The smallest absolute Gasteiger partial charge is 0.244 e. The van der Waals surface area contributed by atoms with E-state index in [0.717, 1.165) is 19.4 Å². The second kappa shape index (κ2) is 9.73. The van der Waals surface area contributed by atoms with Gasteiger partial charge in [-0.15, -0.1) is 12.4 Å². The Hall–Kier alpha value is -0.860. The molecule has 0 spiro atoms. The minimum absolute atomic E-state index is 0. The number of nitrogens with one attached hydrogen (secondary N) is 2. The molecule has 1 aromatic carbocycles. The summed E-state index contributed by atoms with van der Waals surface area (Å²) in [7, 11) is -3.67. The molecule has 1 amide bonds. The fourth-order valence-electron chi connectivity index (χ4n) is 2.85. The van der Waals surface area contributed by atoms with E-state index in [9.17, 15) is 13.2 Å². The van der Waals surface area contributed by atoms with Crippen molar-refractivity contribution in [2.24, 2.45) is 0 Å². The van der Waals surface area contributed by atoms with Crippen LogP contribution in [-0.2, 0) is 14.8 Å². The van der Waals surface area contributed by atoms with Crippen molar-refractivity contribution >= 4 is 45.6 Å². The van der Waals surface area contributed by atoms with E-state index in [1.807, 2.05) is 0 Å². The number of carbonyl (C=O) groups excluding carboxylic acids is 1. The maximum absolute atomic E-state index is 12.7. The number of rotatable bonds is 7. The Labute approximate surface area is 160 Å². The van der Waals surface area contributed by atoms with Crippen molar-refractivity contribution in [3.63, 3.8) is 0 Å². The van der Waals surface area contributed by atoms with E-state index in [0.29, 0.717) is 25.2 Å². The van der Waals surface area contributed by atoms with Gasteiger partial charge < -0.3 is 10.6 Å². The normalized spacial score (nSPS) is 17.4. The van der Waals surface area contributed by atoms with Gasteiger partial charge in [-0.25, -0.2) is 8.42 Å². The Morgan fingerprint density at radius 1 is 1.36 bits per heavy atom. The number of amides is 1. The van der Waals surface area contributed by atoms with Crippen molar-refractivity contribution in [3.8, 4) is 0 Å². The molecular formula is C16H25Cl2N3O3S. The second-order valence-corrected chi connectivity index (χ2v) is 8.09. The Bertz CT molecular complexity index is 688. The molecule has 2 N–H and O–H groups in total. The summed E-state index contributed by atoms with van der Waals surface area (Å²) in [6.45, 7) is 5.20. The van der Waals surface area contributed by atoms with E-state index in [1.54, 1.807) is 19.9 Å². The molecule has 1 atom stereocenters. The number of sulfonamides is 1. The lowest BCUT2D eigenvalue weighted by Crippen LogP contribution is -2.31. The standard InChI is InChI=1S/C16H24ClN3O3S.ClH/c1-3-20(4-2)24(22,23)15-10-13(7-8-14(15)17)19-16(21)11-12-6-5-9-18-12;/h7-8,10,12,18H,3-6,9,11H2,1-2H3,(H,19,21);1H. The fraction of sp³-hybridized carbons (Fsp3) is 0.562. The van der Waals surface area contributed by atoms with Crippen molar-refractivity contribution in [1.29, 1.82) is 0 Å². The average molecular weight is 410 g/mol. The van der Waals surface area contributed by atoms with Gasteiger partial charge in [0, 0.05) is 31.2 Å². The molecule has 0 aliphatic carbocycles. The SMILES string of the molecule is CCN(CC)S(=O)(=O)c1cc(NC(=O)CC2CCCN2)ccc1Cl.Cl. The highest BCUT2D eigenvalue weighted by molar-refractivity contribution is 7.89. The summed E-state index contributed by atoms with van der Waals surface area (Å²) < 4.78 is 26.6. The highest BCUT2D eigenvalue weighted by atomic mass is 35.5. The first-order valence-electron chi connectivity index (χ1n) is 8.21. The van der Waals surface area contributed by atoms with Crippen LogP contribution in [0, 0.1) is 0 Å². The predicted molar refractivity (Wildman–Crippen MR) is 103 cm³/mol. The third kappa shape index (κ3) is 5.56. The van der Waals surface area contributed by atoms with E-state index in [1.165, 1.54) is 16.4 Å². The molecule has 142 valence electrons. The zero-order valence-corrected chi connectivity index (χ0v) is 16.8. The van der Waals surface area contributed by atoms with Gasteiger partial charge in [-0.3, -0.25) is 4.79 Å². The van der Waals surface area contributed by atoms with Crippen LogP contribution >= 0.6 is 24.0 Å².